The van der Waals surface area contributed by atoms with Crippen LogP contribution in [-0.4, -0.2) is 45.7 Å². The molecule has 0 radical (unpaired) electrons. The fourth-order valence-corrected chi connectivity index (χ4v) is 2.14. The minimum Gasteiger partial charge on any atom is -0.444 e. The van der Waals surface area contributed by atoms with E-state index in [2.05, 4.69) is 15.3 Å². The number of hydrogen-bond acceptors (Lipinski definition) is 5. The third-order valence-electron chi connectivity index (χ3n) is 2.80. The van der Waals surface area contributed by atoms with Crippen LogP contribution in [0.3, 0.4) is 0 Å². The molecular formula is C13H19ClN4O2. The number of carbonyl (C=O) groups excluding carboxylic acids is 1. The Kier molecular flexibility index (Phi) is 4.32. The summed E-state index contributed by atoms with van der Waals surface area (Å²) >= 11 is 5.78. The molecule has 0 aliphatic carbocycles. The van der Waals surface area contributed by atoms with Gasteiger partial charge >= 0.3 is 6.09 Å². The molecule has 20 heavy (non-hydrogen) atoms. The number of carbonyl (C=O) groups is 1. The quantitative estimate of drug-likeness (QED) is 0.909. The normalized spacial score (nSPS) is 19.0. The van der Waals surface area contributed by atoms with Gasteiger partial charge < -0.3 is 15.0 Å². The van der Waals surface area contributed by atoms with Crippen LogP contribution in [0.2, 0.25) is 5.15 Å². The molecule has 0 saturated carbocycles. The summed E-state index contributed by atoms with van der Waals surface area (Å²) in [6, 6.07) is 0.135. The molecule has 0 bridgehead atoms. The molecule has 6 nitrogen and oxygen atoms in total. The van der Waals surface area contributed by atoms with E-state index in [0.29, 0.717) is 24.1 Å². The molecular weight excluding hydrogens is 280 g/mol. The highest BCUT2D eigenvalue weighted by molar-refractivity contribution is 6.29. The number of hydrogen-bond donors (Lipinski definition) is 1. The highest BCUT2D eigenvalue weighted by atomic mass is 35.5. The molecule has 2 heterocycles. The first-order valence-electron chi connectivity index (χ1n) is 6.55. The van der Waals surface area contributed by atoms with Crippen LogP contribution in [0.15, 0.2) is 12.4 Å². The van der Waals surface area contributed by atoms with Gasteiger partial charge in [0.05, 0.1) is 12.4 Å². The lowest BCUT2D eigenvalue weighted by molar-refractivity contribution is 0.0293. The van der Waals surface area contributed by atoms with Gasteiger partial charge in [0.1, 0.15) is 16.6 Å². The molecule has 7 heteroatoms. The van der Waals surface area contributed by atoms with Crippen LogP contribution in [0.5, 0.6) is 0 Å². The molecule has 1 atom stereocenters. The highest BCUT2D eigenvalue weighted by Gasteiger charge is 2.29. The Morgan fingerprint density at radius 3 is 2.90 bits per heavy atom. The van der Waals surface area contributed by atoms with Crippen LogP contribution >= 0.6 is 11.6 Å². The predicted molar refractivity (Wildman–Crippen MR) is 76.9 cm³/mol. The van der Waals surface area contributed by atoms with Crippen LogP contribution in [0.4, 0.5) is 10.6 Å². The molecule has 1 unspecified atom stereocenters. The van der Waals surface area contributed by atoms with Crippen molar-refractivity contribution in [2.75, 3.05) is 18.4 Å². The standard InChI is InChI=1S/C13H19ClN4O2/c1-13(2,3)20-12(19)18-5-4-9(8-18)16-11-7-15-6-10(14)17-11/h6-7,9H,4-5,8H2,1-3H3,(H,16,17). The molecule has 1 aliphatic heterocycles. The van der Waals surface area contributed by atoms with Crippen LogP contribution in [0, 0.1) is 0 Å². The molecule has 1 N–H and O–H groups in total. The van der Waals surface area contributed by atoms with E-state index in [-0.39, 0.29) is 12.1 Å². The molecule has 0 spiro atoms. The van der Waals surface area contributed by atoms with Crippen LogP contribution < -0.4 is 5.32 Å². The number of amides is 1. The van der Waals surface area contributed by atoms with Gasteiger partial charge in [-0.05, 0) is 27.2 Å². The van der Waals surface area contributed by atoms with Gasteiger partial charge in [-0.3, -0.25) is 4.98 Å². The summed E-state index contributed by atoms with van der Waals surface area (Å²) in [7, 11) is 0. The van der Waals surface area contributed by atoms with Gasteiger partial charge in [0.15, 0.2) is 0 Å². The number of nitrogens with one attached hydrogen (secondary N) is 1. The Bertz CT molecular complexity index is 490. The van der Waals surface area contributed by atoms with Gasteiger partial charge in [0, 0.05) is 19.1 Å². The average Bonchev–Trinajstić information content (AvgIpc) is 2.75. The van der Waals surface area contributed by atoms with Crippen molar-refractivity contribution in [2.24, 2.45) is 0 Å². The van der Waals surface area contributed by atoms with E-state index in [4.69, 9.17) is 16.3 Å². The first kappa shape index (κ1) is 14.8. The Balaban J connectivity index is 1.88. The van der Waals surface area contributed by atoms with Crippen molar-refractivity contribution in [1.82, 2.24) is 14.9 Å². The fourth-order valence-electron chi connectivity index (χ4n) is 1.99. The van der Waals surface area contributed by atoms with Gasteiger partial charge in [0.25, 0.3) is 0 Å². The number of rotatable bonds is 2. The van der Waals surface area contributed by atoms with Gasteiger partial charge in [-0.15, -0.1) is 0 Å². The lowest BCUT2D eigenvalue weighted by Crippen LogP contribution is -2.36. The average molecular weight is 299 g/mol. The second-order valence-corrected chi connectivity index (χ2v) is 6.17. The summed E-state index contributed by atoms with van der Waals surface area (Å²) in [6.45, 7) is 6.83. The summed E-state index contributed by atoms with van der Waals surface area (Å²) in [4.78, 5) is 21.7. The maximum absolute atomic E-state index is 11.9. The van der Waals surface area contributed by atoms with Crippen LogP contribution in [-0.2, 0) is 4.74 Å². The van der Waals surface area contributed by atoms with E-state index < -0.39 is 5.60 Å². The van der Waals surface area contributed by atoms with Crippen LogP contribution in [0.1, 0.15) is 27.2 Å². The largest absolute Gasteiger partial charge is 0.444 e. The first-order chi connectivity index (χ1) is 9.33. The Labute approximate surface area is 123 Å². The summed E-state index contributed by atoms with van der Waals surface area (Å²) in [5.41, 5.74) is -0.471. The lowest BCUT2D eigenvalue weighted by Gasteiger charge is -2.24. The number of halogens is 1. The second kappa shape index (κ2) is 5.83. The van der Waals surface area contributed by atoms with Crippen molar-refractivity contribution in [3.05, 3.63) is 17.5 Å². The second-order valence-electron chi connectivity index (χ2n) is 5.78. The van der Waals surface area contributed by atoms with E-state index >= 15 is 0 Å². The molecule has 1 amide bonds. The minimum absolute atomic E-state index is 0.135. The van der Waals surface area contributed by atoms with Crippen LogP contribution in [0.25, 0.3) is 0 Å². The number of ether oxygens (including phenoxy) is 1. The highest BCUT2D eigenvalue weighted by Crippen LogP contribution is 2.18. The van der Waals surface area contributed by atoms with Gasteiger partial charge in [-0.1, -0.05) is 11.6 Å². The minimum atomic E-state index is -0.471. The SMILES string of the molecule is CC(C)(C)OC(=O)N1CCC(Nc2cncc(Cl)n2)C1. The molecule has 110 valence electrons. The topological polar surface area (TPSA) is 67.3 Å². The van der Waals surface area contributed by atoms with Crippen molar-refractivity contribution in [3.8, 4) is 0 Å². The van der Waals surface area contributed by atoms with Gasteiger partial charge in [-0.2, -0.15) is 0 Å². The Morgan fingerprint density at radius 1 is 1.50 bits per heavy atom. The van der Waals surface area contributed by atoms with E-state index in [1.165, 1.54) is 6.20 Å². The van der Waals surface area contributed by atoms with E-state index in [9.17, 15) is 4.79 Å². The van der Waals surface area contributed by atoms with Gasteiger partial charge in [0.2, 0.25) is 0 Å². The number of anilines is 1. The smallest absolute Gasteiger partial charge is 0.410 e. The third kappa shape index (κ3) is 4.23. The molecule has 1 aliphatic rings. The Hall–Kier alpha value is -1.56. The predicted octanol–water partition coefficient (Wildman–Crippen LogP) is 2.55. The van der Waals surface area contributed by atoms with Crippen molar-refractivity contribution in [3.63, 3.8) is 0 Å². The number of aromatic nitrogens is 2. The zero-order valence-corrected chi connectivity index (χ0v) is 12.6. The molecule has 2 rings (SSSR count). The summed E-state index contributed by atoms with van der Waals surface area (Å²) in [6.07, 6.45) is 3.66. The van der Waals surface area contributed by atoms with Gasteiger partial charge in [-0.25, -0.2) is 9.78 Å². The lowest BCUT2D eigenvalue weighted by atomic mass is 10.2. The number of nitrogens with zero attached hydrogens (tertiary/aromatic N) is 3. The summed E-state index contributed by atoms with van der Waals surface area (Å²) in [5, 5.41) is 3.57. The Morgan fingerprint density at radius 2 is 2.25 bits per heavy atom. The third-order valence-corrected chi connectivity index (χ3v) is 2.98. The molecule has 1 aromatic rings. The monoisotopic (exact) mass is 298 g/mol. The molecule has 1 fully saturated rings. The van der Waals surface area contributed by atoms with Crippen molar-refractivity contribution < 1.29 is 9.53 Å². The molecule has 1 saturated heterocycles. The molecule has 1 aromatic heterocycles. The van der Waals surface area contributed by atoms with Crippen molar-refractivity contribution >= 4 is 23.5 Å². The first-order valence-corrected chi connectivity index (χ1v) is 6.93. The zero-order valence-electron chi connectivity index (χ0n) is 11.9. The van der Waals surface area contributed by atoms with E-state index in [1.807, 2.05) is 20.8 Å². The fraction of sp³-hybridized carbons (Fsp3) is 0.615. The maximum Gasteiger partial charge on any atom is 0.410 e. The maximum atomic E-state index is 11.9. The van der Waals surface area contributed by atoms with E-state index in [1.54, 1.807) is 11.1 Å². The summed E-state index contributed by atoms with van der Waals surface area (Å²) in [5.74, 6) is 0.619. The van der Waals surface area contributed by atoms with Crippen molar-refractivity contribution in [1.29, 1.82) is 0 Å². The van der Waals surface area contributed by atoms with Crippen molar-refractivity contribution in [2.45, 2.75) is 38.8 Å². The summed E-state index contributed by atoms with van der Waals surface area (Å²) < 4.78 is 5.35. The number of likely N-dealkylation sites (tertiary alicyclic amines) is 1. The zero-order chi connectivity index (χ0) is 14.8. The molecule has 0 aromatic carbocycles. The van der Waals surface area contributed by atoms with E-state index in [0.717, 1.165) is 6.42 Å².